The number of aromatic nitrogens is 1. The van der Waals surface area contributed by atoms with Gasteiger partial charge in [-0.1, -0.05) is 38.0 Å². The zero-order valence-corrected chi connectivity index (χ0v) is 22.6. The minimum Gasteiger partial charge on any atom is -0.497 e. The van der Waals surface area contributed by atoms with Gasteiger partial charge in [0, 0.05) is 21.9 Å². The largest absolute Gasteiger partial charge is 0.497 e. The van der Waals surface area contributed by atoms with Crippen LogP contribution >= 0.6 is 11.3 Å². The van der Waals surface area contributed by atoms with Gasteiger partial charge in [0.1, 0.15) is 16.5 Å². The van der Waals surface area contributed by atoms with E-state index in [2.05, 4.69) is 12.2 Å². The lowest BCUT2D eigenvalue weighted by atomic mass is 9.84. The summed E-state index contributed by atoms with van der Waals surface area (Å²) >= 11 is 1.48. The van der Waals surface area contributed by atoms with E-state index in [1.165, 1.54) is 11.3 Å². The summed E-state index contributed by atoms with van der Waals surface area (Å²) in [4.78, 5) is 32.2. The van der Waals surface area contributed by atoms with E-state index >= 15 is 0 Å². The molecule has 1 aliphatic rings. The monoisotopic (exact) mass is 529 g/mol. The van der Waals surface area contributed by atoms with Crippen molar-refractivity contribution in [2.24, 2.45) is 11.7 Å². The van der Waals surface area contributed by atoms with E-state index < -0.39 is 5.91 Å². The Kier molecular flexibility index (Phi) is 7.33. The number of nitrogens with zero attached hydrogens (tertiary/aromatic N) is 1. The molecule has 2 aromatic heterocycles. The number of hydrogen-bond acceptors (Lipinski definition) is 6. The van der Waals surface area contributed by atoms with Crippen molar-refractivity contribution in [1.82, 2.24) is 4.98 Å². The number of benzene rings is 2. The van der Waals surface area contributed by atoms with Crippen LogP contribution in [0.4, 0.5) is 5.00 Å². The number of ether oxygens (including phenoxy) is 2. The molecule has 3 N–H and O–H groups in total. The number of carbonyl (C=O) groups excluding carboxylic acids is 2. The third-order valence-corrected chi connectivity index (χ3v) is 8.35. The predicted octanol–water partition coefficient (Wildman–Crippen LogP) is 6.24. The van der Waals surface area contributed by atoms with Crippen molar-refractivity contribution in [3.8, 4) is 22.8 Å². The molecular formula is C30H31N3O4S. The number of nitrogens with one attached hydrogen (secondary N) is 1. The molecule has 1 aliphatic carbocycles. The van der Waals surface area contributed by atoms with E-state index in [0.717, 1.165) is 48.1 Å². The second kappa shape index (κ2) is 10.8. The zero-order chi connectivity index (χ0) is 26.8. The summed E-state index contributed by atoms with van der Waals surface area (Å²) in [5, 5.41) is 4.27. The second-order valence-corrected chi connectivity index (χ2v) is 10.7. The fourth-order valence-corrected chi connectivity index (χ4v) is 6.70. The first kappa shape index (κ1) is 25.7. The molecular weight excluding hydrogens is 498 g/mol. The number of primary amides is 1. The summed E-state index contributed by atoms with van der Waals surface area (Å²) in [6, 6.07) is 14.7. The molecule has 4 aromatic rings. The minimum atomic E-state index is -0.505. The summed E-state index contributed by atoms with van der Waals surface area (Å²) in [6.45, 7) is 2.19. The second-order valence-electron chi connectivity index (χ2n) is 9.56. The molecule has 1 atom stereocenters. The number of hydrogen-bond donors (Lipinski definition) is 2. The van der Waals surface area contributed by atoms with Gasteiger partial charge in [-0.3, -0.25) is 9.59 Å². The predicted molar refractivity (Wildman–Crippen MR) is 151 cm³/mol. The van der Waals surface area contributed by atoms with Crippen molar-refractivity contribution in [3.05, 3.63) is 70.1 Å². The van der Waals surface area contributed by atoms with Gasteiger partial charge in [0.2, 0.25) is 0 Å². The third kappa shape index (κ3) is 4.84. The Morgan fingerprint density at radius 3 is 2.68 bits per heavy atom. The Morgan fingerprint density at radius 2 is 1.95 bits per heavy atom. The fraction of sp³-hybridized carbons (Fsp3) is 0.300. The average Bonchev–Trinajstić information content (AvgIpc) is 3.29. The van der Waals surface area contributed by atoms with Crippen molar-refractivity contribution >= 4 is 39.1 Å². The molecule has 5 rings (SSSR count). The number of carbonyl (C=O) groups is 2. The van der Waals surface area contributed by atoms with Crippen LogP contribution in [0.1, 0.15) is 57.3 Å². The maximum atomic E-state index is 13.8. The topological polar surface area (TPSA) is 104 Å². The smallest absolute Gasteiger partial charge is 0.257 e. The number of amides is 2. The van der Waals surface area contributed by atoms with Gasteiger partial charge in [-0.2, -0.15) is 0 Å². The SMILES string of the molecule is CCC[C@@H]1CCc2c(sc(NC(=O)c3cc(-c4ccc(OC)cc4OC)nc4ccccc34)c2C(N)=O)C1. The van der Waals surface area contributed by atoms with E-state index in [1.807, 2.05) is 36.4 Å². The summed E-state index contributed by atoms with van der Waals surface area (Å²) in [6.07, 6.45) is 5.06. The molecule has 0 saturated heterocycles. The van der Waals surface area contributed by atoms with Crippen LogP contribution in [-0.4, -0.2) is 31.0 Å². The van der Waals surface area contributed by atoms with Crippen molar-refractivity contribution in [1.29, 1.82) is 0 Å². The number of methoxy groups -OCH3 is 2. The van der Waals surface area contributed by atoms with Crippen LogP contribution in [0.15, 0.2) is 48.5 Å². The number of pyridine rings is 1. The molecule has 0 bridgehead atoms. The van der Waals surface area contributed by atoms with Crippen molar-refractivity contribution < 1.29 is 19.1 Å². The third-order valence-electron chi connectivity index (χ3n) is 7.18. The Labute approximate surface area is 226 Å². The molecule has 2 aromatic carbocycles. The van der Waals surface area contributed by atoms with Gasteiger partial charge < -0.3 is 20.5 Å². The normalized spacial score (nSPS) is 14.7. The Morgan fingerprint density at radius 1 is 1.13 bits per heavy atom. The minimum absolute atomic E-state index is 0.316. The average molecular weight is 530 g/mol. The molecule has 2 heterocycles. The van der Waals surface area contributed by atoms with Crippen LogP contribution in [0.3, 0.4) is 0 Å². The first-order valence-corrected chi connectivity index (χ1v) is 13.6. The van der Waals surface area contributed by atoms with Gasteiger partial charge in [-0.05, 0) is 55.0 Å². The van der Waals surface area contributed by atoms with Gasteiger partial charge in [-0.15, -0.1) is 11.3 Å². The molecule has 0 unspecified atom stereocenters. The van der Waals surface area contributed by atoms with Gasteiger partial charge in [0.25, 0.3) is 11.8 Å². The standard InChI is InChI=1S/C30H31N3O4S/c1-4-7-17-10-12-21-26(14-17)38-30(27(21)28(31)34)33-29(35)22-16-24(32-23-9-6-5-8-19(22)23)20-13-11-18(36-2)15-25(20)37-3/h5-6,8-9,11,13,15-17H,4,7,10,12,14H2,1-3H3,(H2,31,34)(H,33,35)/t17-/m1/s1. The number of thiophene rings is 1. The van der Waals surface area contributed by atoms with Crippen molar-refractivity contribution in [3.63, 3.8) is 0 Å². The highest BCUT2D eigenvalue weighted by atomic mass is 32.1. The summed E-state index contributed by atoms with van der Waals surface area (Å²) in [7, 11) is 3.18. The summed E-state index contributed by atoms with van der Waals surface area (Å²) in [5.41, 5.74) is 9.72. The van der Waals surface area contributed by atoms with Crippen molar-refractivity contribution in [2.45, 2.75) is 39.0 Å². The van der Waals surface area contributed by atoms with Gasteiger partial charge in [0.15, 0.2) is 0 Å². The van der Waals surface area contributed by atoms with Gasteiger partial charge >= 0.3 is 0 Å². The highest BCUT2D eigenvalue weighted by Crippen LogP contribution is 2.41. The Balaban J connectivity index is 1.56. The van der Waals surface area contributed by atoms with Gasteiger partial charge in [-0.25, -0.2) is 4.98 Å². The molecule has 196 valence electrons. The van der Waals surface area contributed by atoms with Crippen LogP contribution in [0, 0.1) is 5.92 Å². The lowest BCUT2D eigenvalue weighted by Gasteiger charge is -2.21. The first-order valence-electron chi connectivity index (χ1n) is 12.8. The van der Waals surface area contributed by atoms with Crippen molar-refractivity contribution in [2.75, 3.05) is 19.5 Å². The van der Waals surface area contributed by atoms with Crippen LogP contribution in [0.5, 0.6) is 11.5 Å². The fourth-order valence-electron chi connectivity index (χ4n) is 5.34. The number of anilines is 1. The van der Waals surface area contributed by atoms with E-state index in [0.29, 0.717) is 50.1 Å². The lowest BCUT2D eigenvalue weighted by molar-refractivity contribution is 0.1000. The highest BCUT2D eigenvalue weighted by molar-refractivity contribution is 7.17. The molecule has 0 spiro atoms. The lowest BCUT2D eigenvalue weighted by Crippen LogP contribution is -2.20. The number of para-hydroxylation sites is 1. The van der Waals surface area contributed by atoms with E-state index in [4.69, 9.17) is 20.2 Å². The summed E-state index contributed by atoms with van der Waals surface area (Å²) < 4.78 is 10.9. The van der Waals surface area contributed by atoms with Crippen LogP contribution in [0.25, 0.3) is 22.2 Å². The molecule has 0 saturated carbocycles. The number of nitrogens with two attached hydrogens (primary N) is 1. The van der Waals surface area contributed by atoms with E-state index in [9.17, 15) is 9.59 Å². The molecule has 0 aliphatic heterocycles. The maximum absolute atomic E-state index is 13.8. The first-order chi connectivity index (χ1) is 18.4. The maximum Gasteiger partial charge on any atom is 0.257 e. The zero-order valence-electron chi connectivity index (χ0n) is 21.8. The molecule has 7 nitrogen and oxygen atoms in total. The van der Waals surface area contributed by atoms with Crippen LogP contribution in [0.2, 0.25) is 0 Å². The molecule has 38 heavy (non-hydrogen) atoms. The van der Waals surface area contributed by atoms with Crippen LogP contribution in [-0.2, 0) is 12.8 Å². The Hall–Kier alpha value is -3.91. The Bertz CT molecular complexity index is 1530. The number of fused-ring (bicyclic) bond motifs is 2. The molecule has 0 radical (unpaired) electrons. The molecule has 0 fully saturated rings. The molecule has 2 amide bonds. The highest BCUT2D eigenvalue weighted by Gasteiger charge is 2.29. The van der Waals surface area contributed by atoms with E-state index in [1.54, 1.807) is 26.4 Å². The summed E-state index contributed by atoms with van der Waals surface area (Å²) in [5.74, 6) is 1.02. The van der Waals surface area contributed by atoms with E-state index in [-0.39, 0.29) is 5.91 Å². The van der Waals surface area contributed by atoms with Gasteiger partial charge in [0.05, 0.1) is 36.6 Å². The number of rotatable bonds is 8. The molecule has 8 heteroatoms. The van der Waals surface area contributed by atoms with Crippen LogP contribution < -0.4 is 20.5 Å². The quantitative estimate of drug-likeness (QED) is 0.281.